The second kappa shape index (κ2) is 8.58. The second-order valence-corrected chi connectivity index (χ2v) is 3.98. The van der Waals surface area contributed by atoms with Crippen LogP contribution in [0.4, 0.5) is 0 Å². The highest BCUT2D eigenvalue weighted by molar-refractivity contribution is 6.01. The number of ether oxygens (including phenoxy) is 3. The van der Waals surface area contributed by atoms with Crippen LogP contribution < -0.4 is 9.47 Å². The Labute approximate surface area is 123 Å². The summed E-state index contributed by atoms with van der Waals surface area (Å²) in [6.07, 6.45) is 6.26. The van der Waals surface area contributed by atoms with Crippen molar-refractivity contribution in [3.05, 3.63) is 48.1 Å². The molecule has 0 saturated carbocycles. The zero-order chi connectivity index (χ0) is 15.7. The van der Waals surface area contributed by atoms with Gasteiger partial charge in [-0.25, -0.2) is 4.79 Å². The minimum atomic E-state index is -0.575. The topological polar surface area (TPSA) is 61.8 Å². The van der Waals surface area contributed by atoms with E-state index in [0.717, 1.165) is 0 Å². The van der Waals surface area contributed by atoms with E-state index in [1.807, 2.05) is 6.92 Å². The van der Waals surface area contributed by atoms with E-state index in [0.29, 0.717) is 17.1 Å². The molecule has 0 radical (unpaired) electrons. The highest BCUT2D eigenvalue weighted by Gasteiger charge is 2.14. The number of ketones is 1. The van der Waals surface area contributed by atoms with Crippen LogP contribution in [0.25, 0.3) is 0 Å². The third-order valence-corrected chi connectivity index (χ3v) is 2.59. The first-order valence-corrected chi connectivity index (χ1v) is 6.33. The Balaban J connectivity index is 2.69. The fourth-order valence-corrected chi connectivity index (χ4v) is 1.54. The van der Waals surface area contributed by atoms with Crippen LogP contribution in [0.3, 0.4) is 0 Å². The SMILES string of the molecule is C/C=C/C=C/C(=O)OCC(=O)c1ccc(OC)cc1OC. The number of benzene rings is 1. The van der Waals surface area contributed by atoms with Crippen molar-refractivity contribution in [3.8, 4) is 11.5 Å². The van der Waals surface area contributed by atoms with Crippen LogP contribution in [0.2, 0.25) is 0 Å². The van der Waals surface area contributed by atoms with E-state index in [9.17, 15) is 9.59 Å². The normalized spacial score (nSPS) is 10.8. The monoisotopic (exact) mass is 290 g/mol. The van der Waals surface area contributed by atoms with Gasteiger partial charge in [0.1, 0.15) is 11.5 Å². The molecule has 0 bridgehead atoms. The first kappa shape index (κ1) is 16.5. The average molecular weight is 290 g/mol. The average Bonchev–Trinajstić information content (AvgIpc) is 2.52. The van der Waals surface area contributed by atoms with Crippen LogP contribution in [-0.4, -0.2) is 32.6 Å². The minimum Gasteiger partial charge on any atom is -0.497 e. The molecule has 0 heterocycles. The van der Waals surface area contributed by atoms with Gasteiger partial charge in [-0.05, 0) is 19.1 Å². The molecule has 0 aliphatic carbocycles. The molecule has 0 aliphatic rings. The molecule has 112 valence electrons. The third-order valence-electron chi connectivity index (χ3n) is 2.59. The van der Waals surface area contributed by atoms with E-state index < -0.39 is 5.97 Å². The molecule has 1 rings (SSSR count). The van der Waals surface area contributed by atoms with Crippen LogP contribution >= 0.6 is 0 Å². The number of allylic oxidation sites excluding steroid dienone is 3. The van der Waals surface area contributed by atoms with Crippen molar-refractivity contribution in [2.24, 2.45) is 0 Å². The maximum Gasteiger partial charge on any atom is 0.331 e. The van der Waals surface area contributed by atoms with E-state index in [1.54, 1.807) is 36.4 Å². The molecule has 0 aromatic heterocycles. The predicted molar refractivity (Wildman–Crippen MR) is 78.8 cm³/mol. The Morgan fingerprint density at radius 2 is 1.90 bits per heavy atom. The molecule has 0 aliphatic heterocycles. The lowest BCUT2D eigenvalue weighted by atomic mass is 10.1. The summed E-state index contributed by atoms with van der Waals surface area (Å²) in [6.45, 7) is 1.48. The number of Topliss-reactive ketones (excluding diaryl/α,β-unsaturated/α-hetero) is 1. The van der Waals surface area contributed by atoms with Gasteiger partial charge >= 0.3 is 5.97 Å². The van der Waals surface area contributed by atoms with Crippen molar-refractivity contribution < 1.29 is 23.8 Å². The Hall–Kier alpha value is -2.56. The smallest absolute Gasteiger partial charge is 0.331 e. The minimum absolute atomic E-state index is 0.337. The summed E-state index contributed by atoms with van der Waals surface area (Å²) in [6, 6.07) is 4.81. The van der Waals surface area contributed by atoms with Gasteiger partial charge < -0.3 is 14.2 Å². The molecule has 5 nitrogen and oxygen atoms in total. The quantitative estimate of drug-likeness (QED) is 0.334. The van der Waals surface area contributed by atoms with E-state index in [-0.39, 0.29) is 12.4 Å². The highest BCUT2D eigenvalue weighted by Crippen LogP contribution is 2.24. The molecule has 0 spiro atoms. The summed E-state index contributed by atoms with van der Waals surface area (Å²) >= 11 is 0. The summed E-state index contributed by atoms with van der Waals surface area (Å²) in [7, 11) is 2.98. The summed E-state index contributed by atoms with van der Waals surface area (Å²) in [5.74, 6) is 0.0331. The number of rotatable bonds is 7. The van der Waals surface area contributed by atoms with Crippen molar-refractivity contribution in [2.45, 2.75) is 6.92 Å². The van der Waals surface area contributed by atoms with Crippen LogP contribution in [0.5, 0.6) is 11.5 Å². The molecular formula is C16H18O5. The van der Waals surface area contributed by atoms with Gasteiger partial charge in [0.15, 0.2) is 6.61 Å². The Bertz CT molecular complexity index is 558. The van der Waals surface area contributed by atoms with Gasteiger partial charge in [0.05, 0.1) is 19.8 Å². The summed E-state index contributed by atoms with van der Waals surface area (Å²) < 4.78 is 15.0. The van der Waals surface area contributed by atoms with Gasteiger partial charge in [0, 0.05) is 12.1 Å². The van der Waals surface area contributed by atoms with E-state index in [4.69, 9.17) is 14.2 Å². The third kappa shape index (κ3) is 5.14. The largest absolute Gasteiger partial charge is 0.497 e. The van der Waals surface area contributed by atoms with Gasteiger partial charge in [-0.3, -0.25) is 4.79 Å². The van der Waals surface area contributed by atoms with Crippen molar-refractivity contribution >= 4 is 11.8 Å². The predicted octanol–water partition coefficient (Wildman–Crippen LogP) is 2.56. The summed E-state index contributed by atoms with van der Waals surface area (Å²) in [5, 5.41) is 0. The van der Waals surface area contributed by atoms with Crippen molar-refractivity contribution in [1.82, 2.24) is 0 Å². The van der Waals surface area contributed by atoms with Crippen LogP contribution in [0.1, 0.15) is 17.3 Å². The molecular weight excluding hydrogens is 272 g/mol. The van der Waals surface area contributed by atoms with Crippen LogP contribution in [0.15, 0.2) is 42.5 Å². The molecule has 21 heavy (non-hydrogen) atoms. The molecule has 0 amide bonds. The van der Waals surface area contributed by atoms with E-state index in [1.165, 1.54) is 20.3 Å². The van der Waals surface area contributed by atoms with Gasteiger partial charge in [0.25, 0.3) is 0 Å². The first-order valence-electron chi connectivity index (χ1n) is 6.33. The van der Waals surface area contributed by atoms with Gasteiger partial charge in [-0.2, -0.15) is 0 Å². The molecule has 0 N–H and O–H groups in total. The maximum atomic E-state index is 12.0. The fourth-order valence-electron chi connectivity index (χ4n) is 1.54. The lowest BCUT2D eigenvalue weighted by Gasteiger charge is -2.09. The highest BCUT2D eigenvalue weighted by atomic mass is 16.5. The number of methoxy groups -OCH3 is 2. The van der Waals surface area contributed by atoms with Gasteiger partial charge in [-0.15, -0.1) is 0 Å². The molecule has 0 atom stereocenters. The lowest BCUT2D eigenvalue weighted by Crippen LogP contribution is -2.13. The molecule has 1 aromatic carbocycles. The number of hydrogen-bond donors (Lipinski definition) is 0. The van der Waals surface area contributed by atoms with E-state index in [2.05, 4.69) is 0 Å². The van der Waals surface area contributed by atoms with Crippen molar-refractivity contribution in [1.29, 1.82) is 0 Å². The number of hydrogen-bond acceptors (Lipinski definition) is 5. The fraction of sp³-hybridized carbons (Fsp3) is 0.250. The number of carbonyl (C=O) groups excluding carboxylic acids is 2. The van der Waals surface area contributed by atoms with Crippen molar-refractivity contribution in [2.75, 3.05) is 20.8 Å². The van der Waals surface area contributed by atoms with Gasteiger partial charge in [-0.1, -0.05) is 18.2 Å². The lowest BCUT2D eigenvalue weighted by molar-refractivity contribution is -0.136. The first-order chi connectivity index (χ1) is 10.1. The number of esters is 1. The maximum absolute atomic E-state index is 12.0. The van der Waals surface area contributed by atoms with E-state index >= 15 is 0 Å². The van der Waals surface area contributed by atoms with Crippen LogP contribution in [0, 0.1) is 0 Å². The molecule has 0 fully saturated rings. The second-order valence-electron chi connectivity index (χ2n) is 3.98. The standard InChI is InChI=1S/C16H18O5/c1-4-5-6-7-16(18)21-11-14(17)13-9-8-12(19-2)10-15(13)20-3/h4-10H,11H2,1-3H3/b5-4+,7-6+. The Morgan fingerprint density at radius 1 is 1.14 bits per heavy atom. The van der Waals surface area contributed by atoms with Crippen molar-refractivity contribution in [3.63, 3.8) is 0 Å². The van der Waals surface area contributed by atoms with Crippen LogP contribution in [-0.2, 0) is 9.53 Å². The van der Waals surface area contributed by atoms with Gasteiger partial charge in [0.2, 0.25) is 5.78 Å². The molecule has 0 unspecified atom stereocenters. The molecule has 5 heteroatoms. The Morgan fingerprint density at radius 3 is 2.52 bits per heavy atom. The molecule has 0 saturated heterocycles. The Kier molecular flexibility index (Phi) is 6.74. The zero-order valence-corrected chi connectivity index (χ0v) is 12.3. The number of carbonyl (C=O) groups is 2. The molecule has 1 aromatic rings. The zero-order valence-electron chi connectivity index (χ0n) is 12.3. The summed E-state index contributed by atoms with van der Waals surface area (Å²) in [4.78, 5) is 23.4. The summed E-state index contributed by atoms with van der Waals surface area (Å²) in [5.41, 5.74) is 0.337.